The van der Waals surface area contributed by atoms with Crippen LogP contribution in [0.1, 0.15) is 36.1 Å². The van der Waals surface area contributed by atoms with Crippen molar-refractivity contribution in [1.29, 1.82) is 0 Å². The maximum atomic E-state index is 2.43. The fourth-order valence-electron chi connectivity index (χ4n) is 6.38. The first-order valence-electron chi connectivity index (χ1n) is 12.8. The fourth-order valence-corrected chi connectivity index (χ4v) is 6.38. The molecule has 1 nitrogen and oxygen atoms in total. The molecule has 1 aromatic heterocycles. The molecule has 5 aromatic carbocycles. The molecule has 0 saturated carbocycles. The van der Waals surface area contributed by atoms with Crippen molar-refractivity contribution in [1.82, 2.24) is 4.57 Å². The van der Waals surface area contributed by atoms with E-state index in [2.05, 4.69) is 135 Å². The summed E-state index contributed by atoms with van der Waals surface area (Å²) in [7, 11) is 0. The SMILES string of the molecule is Cc1ccccc1-c1cc2c(cc1C)C(C)(C)c1cc(-n3c4ccccc4c4ccccc43)ccc1-2. The number of aromatic nitrogens is 1. The van der Waals surface area contributed by atoms with Crippen molar-refractivity contribution in [3.63, 3.8) is 0 Å². The molecule has 0 N–H and O–H groups in total. The van der Waals surface area contributed by atoms with E-state index in [0.29, 0.717) is 0 Å². The standard InChI is InChI=1S/C35H29N/c1-22-11-5-6-12-25(22)29-21-30-26-18-17-24(20-32(26)35(3,4)31(30)19-23(29)2)36-33-15-9-7-13-27(33)28-14-8-10-16-34(28)36/h5-21H,1-4H3. The second kappa shape index (κ2) is 7.45. The van der Waals surface area contributed by atoms with Crippen molar-refractivity contribution in [3.8, 4) is 27.9 Å². The molecule has 0 unspecified atom stereocenters. The quantitative estimate of drug-likeness (QED) is 0.241. The summed E-state index contributed by atoms with van der Waals surface area (Å²) in [5.41, 5.74) is 14.5. The van der Waals surface area contributed by atoms with Gasteiger partial charge in [0.1, 0.15) is 0 Å². The van der Waals surface area contributed by atoms with Crippen LogP contribution in [0.4, 0.5) is 0 Å². The molecule has 1 aliphatic carbocycles. The first-order chi connectivity index (χ1) is 17.4. The highest BCUT2D eigenvalue weighted by molar-refractivity contribution is 6.09. The third kappa shape index (κ3) is 2.83. The second-order valence-electron chi connectivity index (χ2n) is 10.8. The van der Waals surface area contributed by atoms with Crippen molar-refractivity contribution in [2.75, 3.05) is 0 Å². The van der Waals surface area contributed by atoms with Crippen molar-refractivity contribution >= 4 is 21.8 Å². The zero-order valence-electron chi connectivity index (χ0n) is 21.3. The van der Waals surface area contributed by atoms with Crippen molar-refractivity contribution in [2.24, 2.45) is 0 Å². The molecule has 7 rings (SSSR count). The van der Waals surface area contributed by atoms with Gasteiger partial charge < -0.3 is 4.57 Å². The Morgan fingerprint density at radius 3 is 1.81 bits per heavy atom. The zero-order valence-corrected chi connectivity index (χ0v) is 21.3. The lowest BCUT2D eigenvalue weighted by Crippen LogP contribution is -2.15. The predicted octanol–water partition coefficient (Wildman–Crippen LogP) is 9.37. The van der Waals surface area contributed by atoms with Crippen molar-refractivity contribution in [3.05, 3.63) is 125 Å². The van der Waals surface area contributed by atoms with E-state index in [1.807, 2.05) is 0 Å². The Balaban J connectivity index is 1.46. The minimum absolute atomic E-state index is 0.0611. The Bertz CT molecular complexity index is 1780. The van der Waals surface area contributed by atoms with E-state index >= 15 is 0 Å². The Morgan fingerprint density at radius 2 is 1.11 bits per heavy atom. The summed E-state index contributed by atoms with van der Waals surface area (Å²) in [5.74, 6) is 0. The van der Waals surface area contributed by atoms with Gasteiger partial charge in [-0.2, -0.15) is 0 Å². The maximum absolute atomic E-state index is 2.43. The number of hydrogen-bond acceptors (Lipinski definition) is 0. The molecule has 0 aliphatic heterocycles. The molecule has 0 atom stereocenters. The third-order valence-electron chi connectivity index (χ3n) is 8.28. The molecule has 36 heavy (non-hydrogen) atoms. The largest absolute Gasteiger partial charge is 0.309 e. The van der Waals surface area contributed by atoms with E-state index in [1.165, 1.54) is 72.0 Å². The minimum atomic E-state index is -0.0611. The summed E-state index contributed by atoms with van der Waals surface area (Å²) in [5, 5.41) is 2.60. The molecular weight excluding hydrogens is 434 g/mol. The van der Waals surface area contributed by atoms with Gasteiger partial charge in [-0.3, -0.25) is 0 Å². The Morgan fingerprint density at radius 1 is 0.500 bits per heavy atom. The first kappa shape index (κ1) is 21.2. The maximum Gasteiger partial charge on any atom is 0.0541 e. The van der Waals surface area contributed by atoms with Crippen LogP contribution in [0, 0.1) is 13.8 Å². The second-order valence-corrected chi connectivity index (χ2v) is 10.8. The highest BCUT2D eigenvalue weighted by Crippen LogP contribution is 2.51. The molecule has 174 valence electrons. The van der Waals surface area contributed by atoms with Gasteiger partial charge in [0.05, 0.1) is 11.0 Å². The van der Waals surface area contributed by atoms with E-state index in [-0.39, 0.29) is 5.41 Å². The number of aryl methyl sites for hydroxylation is 2. The minimum Gasteiger partial charge on any atom is -0.309 e. The van der Waals surface area contributed by atoms with E-state index < -0.39 is 0 Å². The normalized spacial score (nSPS) is 13.8. The van der Waals surface area contributed by atoms with E-state index in [4.69, 9.17) is 0 Å². The highest BCUT2D eigenvalue weighted by atomic mass is 15.0. The number of nitrogens with zero attached hydrogens (tertiary/aromatic N) is 1. The number of hydrogen-bond donors (Lipinski definition) is 0. The van der Waals surface area contributed by atoms with Gasteiger partial charge in [-0.25, -0.2) is 0 Å². The molecule has 0 spiro atoms. The van der Waals surface area contributed by atoms with Gasteiger partial charge in [0.25, 0.3) is 0 Å². The zero-order chi connectivity index (χ0) is 24.6. The molecule has 1 heteroatoms. The van der Waals surface area contributed by atoms with Crippen LogP contribution in [0.15, 0.2) is 103 Å². The molecule has 0 amide bonds. The smallest absolute Gasteiger partial charge is 0.0541 e. The summed E-state index contributed by atoms with van der Waals surface area (Å²) in [6.07, 6.45) is 0. The summed E-state index contributed by atoms with van der Waals surface area (Å²) >= 11 is 0. The molecule has 1 aliphatic rings. The number of benzene rings is 5. The van der Waals surface area contributed by atoms with Crippen LogP contribution in [0.25, 0.3) is 49.7 Å². The number of fused-ring (bicyclic) bond motifs is 6. The fraction of sp³-hybridized carbons (Fsp3) is 0.143. The van der Waals surface area contributed by atoms with Crippen LogP contribution >= 0.6 is 0 Å². The molecule has 6 aromatic rings. The van der Waals surface area contributed by atoms with Gasteiger partial charge in [0.15, 0.2) is 0 Å². The van der Waals surface area contributed by atoms with Gasteiger partial charge in [-0.05, 0) is 88.7 Å². The van der Waals surface area contributed by atoms with Gasteiger partial charge in [-0.1, -0.05) is 86.6 Å². The monoisotopic (exact) mass is 463 g/mol. The van der Waals surface area contributed by atoms with E-state index in [0.717, 1.165) is 0 Å². The predicted molar refractivity (Wildman–Crippen MR) is 153 cm³/mol. The summed E-state index contributed by atoms with van der Waals surface area (Å²) < 4.78 is 2.42. The molecule has 0 fully saturated rings. The highest BCUT2D eigenvalue weighted by Gasteiger charge is 2.36. The van der Waals surface area contributed by atoms with Gasteiger partial charge in [0.2, 0.25) is 0 Å². The van der Waals surface area contributed by atoms with Gasteiger partial charge in [-0.15, -0.1) is 0 Å². The van der Waals surface area contributed by atoms with E-state index in [1.54, 1.807) is 0 Å². The van der Waals surface area contributed by atoms with Gasteiger partial charge >= 0.3 is 0 Å². The molecule has 0 radical (unpaired) electrons. The molecular formula is C35H29N. The number of para-hydroxylation sites is 2. The Labute approximate surface area is 212 Å². The molecule has 0 saturated heterocycles. The van der Waals surface area contributed by atoms with Crippen LogP contribution in [0.3, 0.4) is 0 Å². The average molecular weight is 464 g/mol. The van der Waals surface area contributed by atoms with Crippen LogP contribution < -0.4 is 0 Å². The topological polar surface area (TPSA) is 4.93 Å². The number of rotatable bonds is 2. The lowest BCUT2D eigenvalue weighted by Gasteiger charge is -2.23. The van der Waals surface area contributed by atoms with Crippen LogP contribution in [-0.2, 0) is 5.41 Å². The average Bonchev–Trinajstić information content (AvgIpc) is 3.33. The van der Waals surface area contributed by atoms with Crippen molar-refractivity contribution in [2.45, 2.75) is 33.1 Å². The van der Waals surface area contributed by atoms with Gasteiger partial charge in [0, 0.05) is 21.9 Å². The van der Waals surface area contributed by atoms with Crippen LogP contribution in [-0.4, -0.2) is 4.57 Å². The Hall–Kier alpha value is -4.10. The van der Waals surface area contributed by atoms with Crippen LogP contribution in [0.5, 0.6) is 0 Å². The summed E-state index contributed by atoms with van der Waals surface area (Å²) in [6.45, 7) is 9.21. The summed E-state index contributed by atoms with van der Waals surface area (Å²) in [4.78, 5) is 0. The van der Waals surface area contributed by atoms with Crippen molar-refractivity contribution < 1.29 is 0 Å². The van der Waals surface area contributed by atoms with Crippen LogP contribution in [0.2, 0.25) is 0 Å². The lowest BCUT2D eigenvalue weighted by atomic mass is 9.81. The molecule has 0 bridgehead atoms. The summed E-state index contributed by atoms with van der Waals surface area (Å²) in [6, 6.07) is 38.1. The lowest BCUT2D eigenvalue weighted by molar-refractivity contribution is 0.659. The molecule has 1 heterocycles. The first-order valence-corrected chi connectivity index (χ1v) is 12.8. The Kier molecular flexibility index (Phi) is 4.39. The third-order valence-corrected chi connectivity index (χ3v) is 8.28. The van der Waals surface area contributed by atoms with E-state index in [9.17, 15) is 0 Å².